The molecule has 2 N–H and O–H groups in total. The average molecular weight is 399 g/mol. The van der Waals surface area contributed by atoms with Gasteiger partial charge >= 0.3 is 0 Å². The third-order valence-corrected chi connectivity index (χ3v) is 4.75. The number of halogens is 1. The van der Waals surface area contributed by atoms with Gasteiger partial charge < -0.3 is 15.4 Å². The maximum atomic E-state index is 11.3. The highest BCUT2D eigenvalue weighted by Crippen LogP contribution is 2.28. The molecule has 0 bridgehead atoms. The number of hydrogen-bond donors (Lipinski definition) is 2. The van der Waals surface area contributed by atoms with Crippen LogP contribution in [0.25, 0.3) is 5.69 Å². The third-order valence-electron chi connectivity index (χ3n) is 4.49. The van der Waals surface area contributed by atoms with E-state index in [-0.39, 0.29) is 5.91 Å². The largest absolute Gasteiger partial charge is 0.494 e. The van der Waals surface area contributed by atoms with E-state index in [0.29, 0.717) is 23.0 Å². The molecule has 1 aromatic heterocycles. The normalized spacial score (nSPS) is 10.6. The van der Waals surface area contributed by atoms with Gasteiger partial charge in [0.1, 0.15) is 5.75 Å². The first kappa shape index (κ1) is 19.8. The van der Waals surface area contributed by atoms with Crippen LogP contribution in [0.5, 0.6) is 5.75 Å². The van der Waals surface area contributed by atoms with Gasteiger partial charge in [-0.25, -0.2) is 4.68 Å². The molecular formula is C21H23ClN4O2. The Bertz CT molecular complexity index is 996. The van der Waals surface area contributed by atoms with Crippen LogP contribution in [0.15, 0.2) is 42.5 Å². The molecule has 0 aliphatic heterocycles. The van der Waals surface area contributed by atoms with Gasteiger partial charge in [0.25, 0.3) is 0 Å². The first-order valence-corrected chi connectivity index (χ1v) is 9.27. The molecule has 3 aromatic rings. The number of amides is 1. The van der Waals surface area contributed by atoms with E-state index < -0.39 is 0 Å². The number of nitrogens with zero attached hydrogens (tertiary/aromatic N) is 2. The van der Waals surface area contributed by atoms with Gasteiger partial charge in [0.05, 0.1) is 24.2 Å². The SMILES string of the molecule is COc1cc(NCc2c(C)nn(-c3ccc(Cl)cc3)c2C)ccc1NC(C)=O. The van der Waals surface area contributed by atoms with Crippen LogP contribution in [0.4, 0.5) is 11.4 Å². The quantitative estimate of drug-likeness (QED) is 0.630. The summed E-state index contributed by atoms with van der Waals surface area (Å²) in [4.78, 5) is 11.3. The van der Waals surface area contributed by atoms with Crippen molar-refractivity contribution in [2.45, 2.75) is 27.3 Å². The van der Waals surface area contributed by atoms with Crippen LogP contribution in [0, 0.1) is 13.8 Å². The summed E-state index contributed by atoms with van der Waals surface area (Å²) < 4.78 is 7.30. The molecule has 7 heteroatoms. The Kier molecular flexibility index (Phi) is 5.90. The van der Waals surface area contributed by atoms with Crippen molar-refractivity contribution in [3.05, 3.63) is 64.4 Å². The molecule has 3 rings (SSSR count). The fraction of sp³-hybridized carbons (Fsp3) is 0.238. The highest BCUT2D eigenvalue weighted by atomic mass is 35.5. The van der Waals surface area contributed by atoms with Crippen molar-refractivity contribution in [3.63, 3.8) is 0 Å². The smallest absolute Gasteiger partial charge is 0.221 e. The monoisotopic (exact) mass is 398 g/mol. The van der Waals surface area contributed by atoms with Gasteiger partial charge in [-0.2, -0.15) is 5.10 Å². The first-order valence-electron chi connectivity index (χ1n) is 8.89. The van der Waals surface area contributed by atoms with E-state index in [4.69, 9.17) is 16.3 Å². The lowest BCUT2D eigenvalue weighted by Crippen LogP contribution is -2.08. The van der Waals surface area contributed by atoms with E-state index in [9.17, 15) is 4.79 Å². The number of ether oxygens (including phenoxy) is 1. The maximum Gasteiger partial charge on any atom is 0.221 e. The summed E-state index contributed by atoms with van der Waals surface area (Å²) in [6, 6.07) is 13.2. The van der Waals surface area contributed by atoms with Gasteiger partial charge in [-0.3, -0.25) is 4.79 Å². The molecule has 0 aliphatic rings. The molecule has 28 heavy (non-hydrogen) atoms. The number of aryl methyl sites for hydroxylation is 1. The van der Waals surface area contributed by atoms with Crippen LogP contribution in [0.2, 0.25) is 5.02 Å². The number of carbonyl (C=O) groups is 1. The summed E-state index contributed by atoms with van der Waals surface area (Å²) in [5.41, 5.74) is 5.65. The van der Waals surface area contributed by atoms with E-state index >= 15 is 0 Å². The molecule has 0 saturated carbocycles. The van der Waals surface area contributed by atoms with Crippen LogP contribution >= 0.6 is 11.6 Å². The highest BCUT2D eigenvalue weighted by molar-refractivity contribution is 6.30. The van der Waals surface area contributed by atoms with Gasteiger partial charge in [0, 0.05) is 41.5 Å². The molecule has 6 nitrogen and oxygen atoms in total. The number of anilines is 2. The van der Waals surface area contributed by atoms with Crippen LogP contribution in [-0.4, -0.2) is 22.8 Å². The molecular weight excluding hydrogens is 376 g/mol. The Morgan fingerprint density at radius 1 is 1.18 bits per heavy atom. The van der Waals surface area contributed by atoms with Gasteiger partial charge in [0.2, 0.25) is 5.91 Å². The summed E-state index contributed by atoms with van der Waals surface area (Å²) in [6.07, 6.45) is 0. The number of nitrogens with one attached hydrogen (secondary N) is 2. The Hall–Kier alpha value is -2.99. The van der Waals surface area contributed by atoms with E-state index in [0.717, 1.165) is 28.3 Å². The zero-order valence-electron chi connectivity index (χ0n) is 16.3. The minimum atomic E-state index is -0.139. The van der Waals surface area contributed by atoms with Gasteiger partial charge in [-0.05, 0) is 50.2 Å². The highest BCUT2D eigenvalue weighted by Gasteiger charge is 2.13. The fourth-order valence-corrected chi connectivity index (χ4v) is 3.18. The summed E-state index contributed by atoms with van der Waals surface area (Å²) in [6.45, 7) is 6.13. The van der Waals surface area contributed by atoms with Crippen molar-refractivity contribution >= 4 is 28.9 Å². The molecule has 146 valence electrons. The second kappa shape index (κ2) is 8.35. The molecule has 0 fully saturated rings. The number of benzene rings is 2. The zero-order valence-corrected chi connectivity index (χ0v) is 17.1. The number of carbonyl (C=O) groups excluding carboxylic acids is 1. The third kappa shape index (κ3) is 4.28. The van der Waals surface area contributed by atoms with Crippen molar-refractivity contribution in [3.8, 4) is 11.4 Å². The molecule has 2 aromatic carbocycles. The molecule has 1 amide bonds. The molecule has 0 unspecified atom stereocenters. The van der Waals surface area contributed by atoms with Crippen LogP contribution in [-0.2, 0) is 11.3 Å². The van der Waals surface area contributed by atoms with Crippen molar-refractivity contribution in [1.82, 2.24) is 9.78 Å². The molecule has 0 saturated heterocycles. The Morgan fingerprint density at radius 3 is 2.54 bits per heavy atom. The molecule has 1 heterocycles. The predicted molar refractivity (Wildman–Crippen MR) is 113 cm³/mol. The topological polar surface area (TPSA) is 68.2 Å². The van der Waals surface area contributed by atoms with Gasteiger partial charge in [-0.15, -0.1) is 0 Å². The summed E-state index contributed by atoms with van der Waals surface area (Å²) >= 11 is 5.98. The minimum Gasteiger partial charge on any atom is -0.494 e. The molecule has 0 radical (unpaired) electrons. The van der Waals surface area contributed by atoms with E-state index in [2.05, 4.69) is 15.7 Å². The van der Waals surface area contributed by atoms with Crippen LogP contribution in [0.1, 0.15) is 23.9 Å². The number of hydrogen-bond acceptors (Lipinski definition) is 4. The Morgan fingerprint density at radius 2 is 1.89 bits per heavy atom. The van der Waals surface area contributed by atoms with Crippen molar-refractivity contribution in [1.29, 1.82) is 0 Å². The molecule has 0 spiro atoms. The van der Waals surface area contributed by atoms with Gasteiger partial charge in [-0.1, -0.05) is 11.6 Å². The summed E-state index contributed by atoms with van der Waals surface area (Å²) in [5, 5.41) is 11.5. The Balaban J connectivity index is 1.79. The van der Waals surface area contributed by atoms with Crippen molar-refractivity contribution in [2.24, 2.45) is 0 Å². The van der Waals surface area contributed by atoms with E-state index in [1.807, 2.05) is 61.0 Å². The van der Waals surface area contributed by atoms with Crippen LogP contribution < -0.4 is 15.4 Å². The lowest BCUT2D eigenvalue weighted by molar-refractivity contribution is -0.114. The molecule has 0 aliphatic carbocycles. The molecule has 0 atom stereocenters. The number of aromatic nitrogens is 2. The zero-order chi connectivity index (χ0) is 20.3. The second-order valence-corrected chi connectivity index (χ2v) is 6.92. The summed E-state index contributed by atoms with van der Waals surface area (Å²) in [5.74, 6) is 0.463. The fourth-order valence-electron chi connectivity index (χ4n) is 3.05. The predicted octanol–water partition coefficient (Wildman–Crippen LogP) is 4.72. The van der Waals surface area contributed by atoms with Crippen molar-refractivity contribution in [2.75, 3.05) is 17.7 Å². The first-order chi connectivity index (χ1) is 13.4. The standard InChI is InChI=1S/C21H23ClN4O2/c1-13-19(14(2)26(25-13)18-8-5-16(22)6-9-18)12-23-17-7-10-20(24-15(3)27)21(11-17)28-4/h5-11,23H,12H2,1-4H3,(H,24,27). The summed E-state index contributed by atoms with van der Waals surface area (Å²) in [7, 11) is 1.58. The van der Waals surface area contributed by atoms with Crippen molar-refractivity contribution < 1.29 is 9.53 Å². The average Bonchev–Trinajstić information content (AvgIpc) is 2.95. The number of methoxy groups -OCH3 is 1. The Labute approximate surface area is 169 Å². The van der Waals surface area contributed by atoms with Crippen LogP contribution in [0.3, 0.4) is 0 Å². The maximum absolute atomic E-state index is 11.3. The van der Waals surface area contributed by atoms with E-state index in [1.165, 1.54) is 6.92 Å². The number of rotatable bonds is 6. The van der Waals surface area contributed by atoms with Gasteiger partial charge in [0.15, 0.2) is 0 Å². The lowest BCUT2D eigenvalue weighted by atomic mass is 10.2. The minimum absolute atomic E-state index is 0.139. The lowest BCUT2D eigenvalue weighted by Gasteiger charge is -2.13. The van der Waals surface area contributed by atoms with E-state index in [1.54, 1.807) is 7.11 Å². The second-order valence-electron chi connectivity index (χ2n) is 6.49.